The molecule has 0 fully saturated rings. The maximum atomic E-state index is 5.82. The number of nitrogens with one attached hydrogen (secondary N) is 1. The number of nitrogens with two attached hydrogens (primary N) is 1. The van der Waals surface area contributed by atoms with Crippen LogP contribution in [0.3, 0.4) is 0 Å². The molecule has 0 aliphatic carbocycles. The third-order valence-electron chi connectivity index (χ3n) is 2.45. The standard InChI is InChI=1S/C11H8ClN5/c12-9-2-1-6-7(5-15-10(6)17-9)8-3-4-14-11(13)16-8/h1-5H,(H,15,17)(H2,13,14,16). The van der Waals surface area contributed by atoms with Gasteiger partial charge in [-0.25, -0.2) is 15.0 Å². The highest BCUT2D eigenvalue weighted by atomic mass is 35.5. The predicted octanol–water partition coefficient (Wildman–Crippen LogP) is 2.26. The van der Waals surface area contributed by atoms with Crippen molar-refractivity contribution >= 4 is 28.6 Å². The van der Waals surface area contributed by atoms with E-state index in [9.17, 15) is 0 Å². The Kier molecular flexibility index (Phi) is 2.19. The lowest BCUT2D eigenvalue weighted by Crippen LogP contribution is -1.94. The average molecular weight is 246 g/mol. The molecule has 0 unspecified atom stereocenters. The van der Waals surface area contributed by atoms with Gasteiger partial charge in [0.25, 0.3) is 0 Å². The second-order valence-corrected chi connectivity index (χ2v) is 3.92. The van der Waals surface area contributed by atoms with Gasteiger partial charge in [-0.1, -0.05) is 11.6 Å². The molecule has 3 heterocycles. The fraction of sp³-hybridized carbons (Fsp3) is 0. The molecule has 0 aromatic carbocycles. The Morgan fingerprint density at radius 2 is 2.06 bits per heavy atom. The Morgan fingerprint density at radius 3 is 2.88 bits per heavy atom. The second kappa shape index (κ2) is 3.71. The smallest absolute Gasteiger partial charge is 0.220 e. The topological polar surface area (TPSA) is 80.5 Å². The Labute approximate surface area is 102 Å². The largest absolute Gasteiger partial charge is 0.368 e. The zero-order valence-corrected chi connectivity index (χ0v) is 9.44. The predicted molar refractivity (Wildman–Crippen MR) is 66.5 cm³/mol. The fourth-order valence-corrected chi connectivity index (χ4v) is 1.86. The first-order valence-corrected chi connectivity index (χ1v) is 5.34. The molecule has 0 aliphatic heterocycles. The van der Waals surface area contributed by atoms with Gasteiger partial charge in [0.1, 0.15) is 10.8 Å². The van der Waals surface area contributed by atoms with Crippen LogP contribution in [0.25, 0.3) is 22.3 Å². The molecule has 3 N–H and O–H groups in total. The molecule has 5 nitrogen and oxygen atoms in total. The summed E-state index contributed by atoms with van der Waals surface area (Å²) in [5.41, 5.74) is 7.98. The molecule has 0 atom stereocenters. The Morgan fingerprint density at radius 1 is 1.18 bits per heavy atom. The van der Waals surface area contributed by atoms with Crippen molar-refractivity contribution in [1.29, 1.82) is 0 Å². The van der Waals surface area contributed by atoms with E-state index in [0.29, 0.717) is 5.15 Å². The molecule has 6 heteroatoms. The van der Waals surface area contributed by atoms with Crippen molar-refractivity contribution in [3.8, 4) is 11.3 Å². The zero-order chi connectivity index (χ0) is 11.8. The Bertz CT molecular complexity index is 691. The summed E-state index contributed by atoms with van der Waals surface area (Å²) < 4.78 is 0. The molecule has 0 spiro atoms. The zero-order valence-electron chi connectivity index (χ0n) is 8.68. The molecule has 0 bridgehead atoms. The molecule has 0 aliphatic rings. The van der Waals surface area contributed by atoms with E-state index < -0.39 is 0 Å². The fourth-order valence-electron chi connectivity index (χ4n) is 1.72. The maximum absolute atomic E-state index is 5.82. The van der Waals surface area contributed by atoms with Crippen LogP contribution in [0.1, 0.15) is 0 Å². The number of H-pyrrole nitrogens is 1. The normalized spacial score (nSPS) is 10.9. The van der Waals surface area contributed by atoms with E-state index in [1.807, 2.05) is 12.3 Å². The summed E-state index contributed by atoms with van der Waals surface area (Å²) in [6.07, 6.45) is 3.45. The van der Waals surface area contributed by atoms with Gasteiger partial charge in [0.15, 0.2) is 0 Å². The van der Waals surface area contributed by atoms with Gasteiger partial charge < -0.3 is 10.7 Å². The molecule has 0 saturated carbocycles. The van der Waals surface area contributed by atoms with Crippen LogP contribution in [0.4, 0.5) is 5.95 Å². The van der Waals surface area contributed by atoms with Crippen LogP contribution >= 0.6 is 11.6 Å². The first-order chi connectivity index (χ1) is 8.24. The van der Waals surface area contributed by atoms with Crippen LogP contribution in [-0.2, 0) is 0 Å². The molecule has 84 valence electrons. The minimum absolute atomic E-state index is 0.249. The summed E-state index contributed by atoms with van der Waals surface area (Å²) in [5, 5.41) is 1.40. The van der Waals surface area contributed by atoms with Crippen LogP contribution in [-0.4, -0.2) is 19.9 Å². The number of rotatable bonds is 1. The van der Waals surface area contributed by atoms with E-state index in [4.69, 9.17) is 17.3 Å². The van der Waals surface area contributed by atoms with Crippen LogP contribution in [0.2, 0.25) is 5.15 Å². The molecule has 0 amide bonds. The van der Waals surface area contributed by atoms with E-state index >= 15 is 0 Å². The number of hydrogen-bond acceptors (Lipinski definition) is 4. The molecule has 0 radical (unpaired) electrons. The number of aromatic nitrogens is 4. The third-order valence-corrected chi connectivity index (χ3v) is 2.67. The van der Waals surface area contributed by atoms with Crippen molar-refractivity contribution in [2.45, 2.75) is 0 Å². The second-order valence-electron chi connectivity index (χ2n) is 3.53. The van der Waals surface area contributed by atoms with Crippen molar-refractivity contribution in [2.75, 3.05) is 5.73 Å². The molecular weight excluding hydrogens is 238 g/mol. The van der Waals surface area contributed by atoms with Crippen LogP contribution < -0.4 is 5.73 Å². The minimum atomic E-state index is 0.249. The van der Waals surface area contributed by atoms with Gasteiger partial charge in [-0.15, -0.1) is 0 Å². The Balaban J connectivity index is 2.24. The SMILES string of the molecule is Nc1nccc(-c2c[nH]c3nc(Cl)ccc23)n1. The van der Waals surface area contributed by atoms with E-state index in [1.165, 1.54) is 0 Å². The number of hydrogen-bond donors (Lipinski definition) is 2. The summed E-state index contributed by atoms with van der Waals surface area (Å²) in [7, 11) is 0. The lowest BCUT2D eigenvalue weighted by Gasteiger charge is -1.99. The first-order valence-electron chi connectivity index (χ1n) is 4.96. The van der Waals surface area contributed by atoms with Gasteiger partial charge in [-0.3, -0.25) is 0 Å². The van der Waals surface area contributed by atoms with Gasteiger partial charge in [-0.2, -0.15) is 0 Å². The van der Waals surface area contributed by atoms with Crippen LogP contribution in [0.5, 0.6) is 0 Å². The van der Waals surface area contributed by atoms with E-state index in [2.05, 4.69) is 19.9 Å². The van der Waals surface area contributed by atoms with Crippen LogP contribution in [0, 0.1) is 0 Å². The summed E-state index contributed by atoms with van der Waals surface area (Å²) in [6, 6.07) is 5.44. The van der Waals surface area contributed by atoms with Gasteiger partial charge in [0.2, 0.25) is 5.95 Å². The third kappa shape index (κ3) is 1.70. The number of pyridine rings is 1. The van der Waals surface area contributed by atoms with E-state index in [1.54, 1.807) is 18.3 Å². The van der Waals surface area contributed by atoms with E-state index in [0.717, 1.165) is 22.3 Å². The summed E-state index contributed by atoms with van der Waals surface area (Å²) in [6.45, 7) is 0. The average Bonchev–Trinajstić information content (AvgIpc) is 2.71. The van der Waals surface area contributed by atoms with Crippen molar-refractivity contribution in [3.05, 3.63) is 35.7 Å². The Hall–Kier alpha value is -2.14. The highest BCUT2D eigenvalue weighted by Gasteiger charge is 2.08. The number of aromatic amines is 1. The summed E-state index contributed by atoms with van der Waals surface area (Å²) in [5.74, 6) is 0.249. The number of anilines is 1. The molecule has 3 aromatic heterocycles. The maximum Gasteiger partial charge on any atom is 0.220 e. The lowest BCUT2D eigenvalue weighted by molar-refractivity contribution is 1.19. The van der Waals surface area contributed by atoms with Crippen molar-refractivity contribution in [3.63, 3.8) is 0 Å². The number of halogens is 1. The quantitative estimate of drug-likeness (QED) is 0.645. The van der Waals surface area contributed by atoms with Crippen molar-refractivity contribution in [1.82, 2.24) is 19.9 Å². The highest BCUT2D eigenvalue weighted by Crippen LogP contribution is 2.27. The van der Waals surface area contributed by atoms with Crippen LogP contribution in [0.15, 0.2) is 30.6 Å². The molecule has 3 aromatic rings. The van der Waals surface area contributed by atoms with E-state index in [-0.39, 0.29) is 5.95 Å². The van der Waals surface area contributed by atoms with Crippen molar-refractivity contribution < 1.29 is 0 Å². The molecule has 0 saturated heterocycles. The van der Waals surface area contributed by atoms with Crippen molar-refractivity contribution in [2.24, 2.45) is 0 Å². The highest BCUT2D eigenvalue weighted by molar-refractivity contribution is 6.29. The summed E-state index contributed by atoms with van der Waals surface area (Å²) >= 11 is 5.82. The number of nitrogens with zero attached hydrogens (tertiary/aromatic N) is 3. The molecular formula is C11H8ClN5. The molecule has 3 rings (SSSR count). The summed E-state index contributed by atoms with van der Waals surface area (Å²) in [4.78, 5) is 15.3. The number of fused-ring (bicyclic) bond motifs is 1. The van der Waals surface area contributed by atoms with Gasteiger partial charge >= 0.3 is 0 Å². The minimum Gasteiger partial charge on any atom is -0.368 e. The van der Waals surface area contributed by atoms with Gasteiger partial charge in [0, 0.05) is 23.3 Å². The monoisotopic (exact) mass is 245 g/mol. The molecule has 17 heavy (non-hydrogen) atoms. The first kappa shape index (κ1) is 10.0. The van der Waals surface area contributed by atoms with Gasteiger partial charge in [-0.05, 0) is 18.2 Å². The number of nitrogen functional groups attached to an aromatic ring is 1. The van der Waals surface area contributed by atoms with Gasteiger partial charge in [0.05, 0.1) is 5.69 Å². The lowest BCUT2D eigenvalue weighted by atomic mass is 10.1.